The molecule has 5 heteroatoms. The second-order valence-electron chi connectivity index (χ2n) is 6.64. The van der Waals surface area contributed by atoms with Gasteiger partial charge < -0.3 is 14.4 Å². The number of ether oxygens (including phenoxy) is 2. The fourth-order valence-electron chi connectivity index (χ4n) is 3.10. The average molecular weight is 372 g/mol. The van der Waals surface area contributed by atoms with Crippen LogP contribution in [0.25, 0.3) is 0 Å². The van der Waals surface area contributed by atoms with Crippen molar-refractivity contribution in [2.75, 3.05) is 26.5 Å². The fraction of sp³-hybridized carbons (Fsp3) is 0.381. The molecule has 1 atom stereocenters. The summed E-state index contributed by atoms with van der Waals surface area (Å²) >= 11 is 1.80. The van der Waals surface area contributed by atoms with E-state index < -0.39 is 0 Å². The van der Waals surface area contributed by atoms with Gasteiger partial charge in [-0.15, -0.1) is 11.8 Å². The molecule has 2 aromatic carbocycles. The minimum absolute atomic E-state index is 0.00476. The molecule has 138 valence electrons. The van der Waals surface area contributed by atoms with Crippen molar-refractivity contribution in [1.82, 2.24) is 4.90 Å². The summed E-state index contributed by atoms with van der Waals surface area (Å²) in [5.74, 6) is 2.69. The lowest BCUT2D eigenvalue weighted by molar-refractivity contribution is 0.0759. The molecule has 4 nitrogen and oxygen atoms in total. The summed E-state index contributed by atoms with van der Waals surface area (Å²) in [6.45, 7) is 5.11. The number of rotatable bonds is 5. The first-order valence-corrected chi connectivity index (χ1v) is 9.84. The molecule has 1 amide bonds. The van der Waals surface area contributed by atoms with Gasteiger partial charge in [0.2, 0.25) is 0 Å². The molecule has 2 aromatic rings. The van der Waals surface area contributed by atoms with Crippen LogP contribution < -0.4 is 9.47 Å². The zero-order valence-corrected chi connectivity index (χ0v) is 16.5. The average Bonchev–Trinajstić information content (AvgIpc) is 3.16. The summed E-state index contributed by atoms with van der Waals surface area (Å²) in [6.07, 6.45) is 0. The van der Waals surface area contributed by atoms with E-state index in [2.05, 4.69) is 38.1 Å². The van der Waals surface area contributed by atoms with E-state index in [1.807, 2.05) is 4.90 Å². The van der Waals surface area contributed by atoms with E-state index in [0.717, 1.165) is 12.3 Å². The Morgan fingerprint density at radius 1 is 1.08 bits per heavy atom. The van der Waals surface area contributed by atoms with Crippen LogP contribution in [-0.2, 0) is 0 Å². The van der Waals surface area contributed by atoms with E-state index in [4.69, 9.17) is 9.47 Å². The third-order valence-electron chi connectivity index (χ3n) is 4.64. The van der Waals surface area contributed by atoms with Crippen LogP contribution >= 0.6 is 11.8 Å². The van der Waals surface area contributed by atoms with Crippen molar-refractivity contribution in [3.8, 4) is 11.5 Å². The Labute approximate surface area is 159 Å². The quantitative estimate of drug-likeness (QED) is 0.763. The lowest BCUT2D eigenvalue weighted by Gasteiger charge is -2.25. The molecule has 0 radical (unpaired) electrons. The topological polar surface area (TPSA) is 38.8 Å². The zero-order valence-electron chi connectivity index (χ0n) is 15.7. The molecule has 1 heterocycles. The van der Waals surface area contributed by atoms with Gasteiger partial charge in [-0.25, -0.2) is 0 Å². The summed E-state index contributed by atoms with van der Waals surface area (Å²) in [4.78, 5) is 15.1. The maximum atomic E-state index is 13.1. The van der Waals surface area contributed by atoms with Crippen molar-refractivity contribution < 1.29 is 14.3 Å². The van der Waals surface area contributed by atoms with Crippen molar-refractivity contribution in [3.63, 3.8) is 0 Å². The van der Waals surface area contributed by atoms with Crippen molar-refractivity contribution in [2.24, 2.45) is 0 Å². The van der Waals surface area contributed by atoms with Gasteiger partial charge in [0.15, 0.2) is 0 Å². The molecule has 0 bridgehead atoms. The monoisotopic (exact) mass is 371 g/mol. The van der Waals surface area contributed by atoms with Crippen LogP contribution in [0, 0.1) is 0 Å². The Hall–Kier alpha value is -2.14. The van der Waals surface area contributed by atoms with Gasteiger partial charge in [0, 0.05) is 23.9 Å². The SMILES string of the molecule is COc1cc(OC)cc(C(=O)N2CCS[C@H]2c2ccc(C(C)C)cc2)c1. The highest BCUT2D eigenvalue weighted by molar-refractivity contribution is 7.99. The van der Waals surface area contributed by atoms with E-state index in [9.17, 15) is 4.79 Å². The number of nitrogens with zero attached hydrogens (tertiary/aromatic N) is 1. The molecule has 1 aliphatic heterocycles. The molecule has 0 unspecified atom stereocenters. The molecule has 1 saturated heterocycles. The predicted octanol–water partition coefficient (Wildman–Crippen LogP) is 4.72. The fourth-order valence-corrected chi connectivity index (χ4v) is 4.35. The molecule has 1 aliphatic rings. The first-order chi connectivity index (χ1) is 12.5. The summed E-state index contributed by atoms with van der Waals surface area (Å²) in [5, 5.41) is 0.0425. The van der Waals surface area contributed by atoms with Crippen LogP contribution in [0.2, 0.25) is 0 Å². The molecule has 0 aliphatic carbocycles. The van der Waals surface area contributed by atoms with E-state index in [1.165, 1.54) is 11.1 Å². The Morgan fingerprint density at radius 2 is 1.69 bits per heavy atom. The lowest BCUT2D eigenvalue weighted by atomic mass is 10.0. The van der Waals surface area contributed by atoms with Crippen LogP contribution in [-0.4, -0.2) is 37.3 Å². The predicted molar refractivity (Wildman–Crippen MR) is 106 cm³/mol. The van der Waals surface area contributed by atoms with E-state index in [-0.39, 0.29) is 11.3 Å². The molecule has 3 rings (SSSR count). The number of hydrogen-bond donors (Lipinski definition) is 0. The highest BCUT2D eigenvalue weighted by atomic mass is 32.2. The molecular weight excluding hydrogens is 346 g/mol. The molecule has 0 aromatic heterocycles. The Bertz CT molecular complexity index is 751. The summed E-state index contributed by atoms with van der Waals surface area (Å²) in [6, 6.07) is 13.9. The normalized spacial score (nSPS) is 16.8. The zero-order chi connectivity index (χ0) is 18.7. The second-order valence-corrected chi connectivity index (χ2v) is 7.83. The minimum atomic E-state index is 0.00476. The number of methoxy groups -OCH3 is 2. The van der Waals surface area contributed by atoms with Gasteiger partial charge in [-0.2, -0.15) is 0 Å². The van der Waals surface area contributed by atoms with E-state index >= 15 is 0 Å². The third-order valence-corrected chi connectivity index (χ3v) is 5.90. The van der Waals surface area contributed by atoms with Gasteiger partial charge in [0.25, 0.3) is 5.91 Å². The van der Waals surface area contributed by atoms with Gasteiger partial charge in [0.05, 0.1) is 14.2 Å². The number of thioether (sulfide) groups is 1. The highest BCUT2D eigenvalue weighted by Crippen LogP contribution is 2.39. The third kappa shape index (κ3) is 3.83. The highest BCUT2D eigenvalue weighted by Gasteiger charge is 2.31. The van der Waals surface area contributed by atoms with Gasteiger partial charge >= 0.3 is 0 Å². The van der Waals surface area contributed by atoms with Crippen LogP contribution in [0.15, 0.2) is 42.5 Å². The van der Waals surface area contributed by atoms with Crippen molar-refractivity contribution >= 4 is 17.7 Å². The van der Waals surface area contributed by atoms with E-state index in [0.29, 0.717) is 23.0 Å². The molecule has 0 saturated carbocycles. The standard InChI is InChI=1S/C21H25NO3S/c1-14(2)15-5-7-16(8-6-15)21-22(9-10-26-21)20(23)17-11-18(24-3)13-19(12-17)25-4/h5-8,11-14,21H,9-10H2,1-4H3/t21-/m0/s1. The number of hydrogen-bond acceptors (Lipinski definition) is 4. The summed E-state index contributed by atoms with van der Waals surface area (Å²) < 4.78 is 10.6. The maximum absolute atomic E-state index is 13.1. The minimum Gasteiger partial charge on any atom is -0.497 e. The van der Waals surface area contributed by atoms with Gasteiger partial charge in [-0.3, -0.25) is 4.79 Å². The largest absolute Gasteiger partial charge is 0.497 e. The Balaban J connectivity index is 1.86. The Morgan fingerprint density at radius 3 is 2.23 bits per heavy atom. The number of carbonyl (C=O) groups is 1. The molecule has 0 N–H and O–H groups in total. The number of carbonyl (C=O) groups excluding carboxylic acids is 1. The molecule has 1 fully saturated rings. The molecule has 26 heavy (non-hydrogen) atoms. The van der Waals surface area contributed by atoms with Crippen LogP contribution in [0.1, 0.15) is 46.6 Å². The van der Waals surface area contributed by atoms with Gasteiger partial charge in [-0.05, 0) is 29.2 Å². The van der Waals surface area contributed by atoms with Crippen molar-refractivity contribution in [1.29, 1.82) is 0 Å². The summed E-state index contributed by atoms with van der Waals surface area (Å²) in [7, 11) is 3.18. The summed E-state index contributed by atoms with van der Waals surface area (Å²) in [5.41, 5.74) is 3.07. The van der Waals surface area contributed by atoms with Crippen LogP contribution in [0.3, 0.4) is 0 Å². The number of amides is 1. The smallest absolute Gasteiger partial charge is 0.255 e. The van der Waals surface area contributed by atoms with Gasteiger partial charge in [-0.1, -0.05) is 38.1 Å². The first kappa shape index (κ1) is 18.6. The lowest BCUT2D eigenvalue weighted by Crippen LogP contribution is -2.30. The maximum Gasteiger partial charge on any atom is 0.255 e. The van der Waals surface area contributed by atoms with Gasteiger partial charge in [0.1, 0.15) is 16.9 Å². The molecular formula is C21H25NO3S. The van der Waals surface area contributed by atoms with Crippen LogP contribution in [0.4, 0.5) is 0 Å². The van der Waals surface area contributed by atoms with Crippen molar-refractivity contribution in [2.45, 2.75) is 25.1 Å². The first-order valence-electron chi connectivity index (χ1n) is 8.79. The number of benzene rings is 2. The second kappa shape index (κ2) is 8.04. The van der Waals surface area contributed by atoms with Crippen molar-refractivity contribution in [3.05, 3.63) is 59.2 Å². The van der Waals surface area contributed by atoms with Crippen LogP contribution in [0.5, 0.6) is 11.5 Å². The van der Waals surface area contributed by atoms with E-state index in [1.54, 1.807) is 44.2 Å². The Kier molecular flexibility index (Phi) is 5.77. The molecule has 0 spiro atoms.